The van der Waals surface area contributed by atoms with Crippen molar-refractivity contribution in [2.45, 2.75) is 38.5 Å². The molecule has 0 radical (unpaired) electrons. The first-order chi connectivity index (χ1) is 10.6. The molecule has 0 aromatic heterocycles. The van der Waals surface area contributed by atoms with Gasteiger partial charge in [-0.05, 0) is 54.8 Å². The van der Waals surface area contributed by atoms with Crippen LogP contribution in [0.4, 0.5) is 4.39 Å². The van der Waals surface area contributed by atoms with Crippen LogP contribution in [0.3, 0.4) is 0 Å². The molecule has 2 saturated heterocycles. The SMILES string of the molecule is CC(CC(=O)N1CCC2(CCNC2)CC1)c1cccc(F)c1. The Morgan fingerprint density at radius 2 is 2.14 bits per heavy atom. The van der Waals surface area contributed by atoms with Gasteiger partial charge in [-0.25, -0.2) is 4.39 Å². The topological polar surface area (TPSA) is 32.3 Å². The average molecular weight is 304 g/mol. The van der Waals surface area contributed by atoms with Gasteiger partial charge in [0.15, 0.2) is 0 Å². The number of nitrogens with one attached hydrogen (secondary N) is 1. The quantitative estimate of drug-likeness (QED) is 0.931. The van der Waals surface area contributed by atoms with Gasteiger partial charge < -0.3 is 10.2 Å². The van der Waals surface area contributed by atoms with E-state index < -0.39 is 0 Å². The Labute approximate surface area is 131 Å². The first-order valence-electron chi connectivity index (χ1n) is 8.32. The molecule has 2 heterocycles. The summed E-state index contributed by atoms with van der Waals surface area (Å²) in [6.07, 6.45) is 3.93. The zero-order chi connectivity index (χ0) is 15.6. The maximum absolute atomic E-state index is 13.3. The number of likely N-dealkylation sites (tertiary alicyclic amines) is 1. The van der Waals surface area contributed by atoms with E-state index in [4.69, 9.17) is 0 Å². The van der Waals surface area contributed by atoms with Gasteiger partial charge in [-0.1, -0.05) is 19.1 Å². The predicted octanol–water partition coefficient (Wildman–Crippen LogP) is 2.92. The lowest BCUT2D eigenvalue weighted by Gasteiger charge is -2.39. The lowest BCUT2D eigenvalue weighted by Crippen LogP contribution is -2.44. The molecule has 3 rings (SSSR count). The van der Waals surface area contributed by atoms with Gasteiger partial charge in [0.25, 0.3) is 0 Å². The minimum absolute atomic E-state index is 0.0623. The van der Waals surface area contributed by atoms with E-state index >= 15 is 0 Å². The molecule has 120 valence electrons. The third-order valence-corrected chi connectivity index (χ3v) is 5.41. The second-order valence-corrected chi connectivity index (χ2v) is 6.97. The van der Waals surface area contributed by atoms with E-state index in [0.29, 0.717) is 11.8 Å². The molecule has 0 saturated carbocycles. The molecule has 4 heteroatoms. The molecule has 1 aromatic carbocycles. The third kappa shape index (κ3) is 3.32. The third-order valence-electron chi connectivity index (χ3n) is 5.41. The predicted molar refractivity (Wildman–Crippen MR) is 85.2 cm³/mol. The number of amides is 1. The molecule has 1 atom stereocenters. The van der Waals surface area contributed by atoms with Crippen LogP contribution in [0.5, 0.6) is 0 Å². The highest BCUT2D eigenvalue weighted by Crippen LogP contribution is 2.37. The molecule has 2 fully saturated rings. The van der Waals surface area contributed by atoms with Crippen molar-refractivity contribution in [2.24, 2.45) is 5.41 Å². The van der Waals surface area contributed by atoms with Crippen molar-refractivity contribution in [2.75, 3.05) is 26.2 Å². The molecule has 1 aromatic rings. The largest absolute Gasteiger partial charge is 0.343 e. The second kappa shape index (κ2) is 6.37. The molecule has 22 heavy (non-hydrogen) atoms. The Hall–Kier alpha value is -1.42. The molecular weight excluding hydrogens is 279 g/mol. The molecule has 3 nitrogen and oxygen atoms in total. The summed E-state index contributed by atoms with van der Waals surface area (Å²) in [6, 6.07) is 6.59. The Morgan fingerprint density at radius 1 is 1.36 bits per heavy atom. The minimum Gasteiger partial charge on any atom is -0.343 e. The number of benzene rings is 1. The lowest BCUT2D eigenvalue weighted by atomic mass is 9.77. The molecule has 2 aliphatic rings. The molecule has 0 aliphatic carbocycles. The normalized spacial score (nSPS) is 22.0. The van der Waals surface area contributed by atoms with Crippen molar-refractivity contribution >= 4 is 5.91 Å². The summed E-state index contributed by atoms with van der Waals surface area (Å²) in [4.78, 5) is 14.5. The number of rotatable bonds is 3. The zero-order valence-corrected chi connectivity index (χ0v) is 13.3. The summed E-state index contributed by atoms with van der Waals surface area (Å²) in [5.41, 5.74) is 1.34. The van der Waals surface area contributed by atoms with Crippen molar-refractivity contribution in [3.8, 4) is 0 Å². The maximum atomic E-state index is 13.3. The Kier molecular flexibility index (Phi) is 4.48. The summed E-state index contributed by atoms with van der Waals surface area (Å²) in [5, 5.41) is 3.45. The molecule has 1 amide bonds. The van der Waals surface area contributed by atoms with E-state index in [1.807, 2.05) is 17.9 Å². The van der Waals surface area contributed by atoms with Crippen LogP contribution in [0.1, 0.15) is 44.1 Å². The van der Waals surface area contributed by atoms with Gasteiger partial charge in [-0.3, -0.25) is 4.79 Å². The standard InChI is InChI=1S/C18H25FN2O/c1-14(15-3-2-4-16(19)12-15)11-17(22)21-9-6-18(7-10-21)5-8-20-13-18/h2-4,12,14,20H,5-11,13H2,1H3. The number of nitrogens with zero attached hydrogens (tertiary/aromatic N) is 1. The van der Waals surface area contributed by atoms with Gasteiger partial charge in [-0.2, -0.15) is 0 Å². The fourth-order valence-corrected chi connectivity index (χ4v) is 3.77. The fourth-order valence-electron chi connectivity index (χ4n) is 3.77. The average Bonchev–Trinajstić information content (AvgIpc) is 2.96. The Morgan fingerprint density at radius 3 is 2.77 bits per heavy atom. The van der Waals surface area contributed by atoms with E-state index in [9.17, 15) is 9.18 Å². The number of piperidine rings is 1. The first-order valence-corrected chi connectivity index (χ1v) is 8.32. The van der Waals surface area contributed by atoms with Crippen LogP contribution in [0.15, 0.2) is 24.3 Å². The van der Waals surface area contributed by atoms with Gasteiger partial charge in [0, 0.05) is 26.1 Å². The Bertz CT molecular complexity index is 530. The van der Waals surface area contributed by atoms with Crippen LogP contribution in [0.2, 0.25) is 0 Å². The molecule has 0 bridgehead atoms. The van der Waals surface area contributed by atoms with Crippen molar-refractivity contribution < 1.29 is 9.18 Å². The van der Waals surface area contributed by atoms with Crippen LogP contribution in [0.25, 0.3) is 0 Å². The van der Waals surface area contributed by atoms with Gasteiger partial charge in [0.1, 0.15) is 5.82 Å². The van der Waals surface area contributed by atoms with Crippen molar-refractivity contribution in [3.63, 3.8) is 0 Å². The number of hydrogen-bond acceptors (Lipinski definition) is 2. The summed E-state index contributed by atoms with van der Waals surface area (Å²) < 4.78 is 13.3. The monoisotopic (exact) mass is 304 g/mol. The van der Waals surface area contributed by atoms with E-state index in [2.05, 4.69) is 5.32 Å². The smallest absolute Gasteiger partial charge is 0.223 e. The summed E-state index contributed by atoms with van der Waals surface area (Å²) in [5.74, 6) is 0.0373. The summed E-state index contributed by atoms with van der Waals surface area (Å²) in [7, 11) is 0. The zero-order valence-electron chi connectivity index (χ0n) is 13.3. The van der Waals surface area contributed by atoms with Crippen LogP contribution in [0, 0.1) is 11.2 Å². The number of carbonyl (C=O) groups excluding carboxylic acids is 1. The second-order valence-electron chi connectivity index (χ2n) is 6.97. The van der Waals surface area contributed by atoms with Crippen LogP contribution in [-0.2, 0) is 4.79 Å². The summed E-state index contributed by atoms with van der Waals surface area (Å²) >= 11 is 0. The van der Waals surface area contributed by atoms with E-state index in [1.54, 1.807) is 6.07 Å². The maximum Gasteiger partial charge on any atom is 0.223 e. The van der Waals surface area contributed by atoms with E-state index in [1.165, 1.54) is 18.6 Å². The highest BCUT2D eigenvalue weighted by Gasteiger charge is 2.38. The van der Waals surface area contributed by atoms with E-state index in [0.717, 1.165) is 44.6 Å². The number of hydrogen-bond donors (Lipinski definition) is 1. The molecule has 1 unspecified atom stereocenters. The first kappa shape index (κ1) is 15.5. The van der Waals surface area contributed by atoms with E-state index in [-0.39, 0.29) is 17.6 Å². The minimum atomic E-state index is -0.231. The Balaban J connectivity index is 1.54. The van der Waals surface area contributed by atoms with Crippen LogP contribution < -0.4 is 5.32 Å². The van der Waals surface area contributed by atoms with Crippen LogP contribution in [-0.4, -0.2) is 37.0 Å². The van der Waals surface area contributed by atoms with Crippen LogP contribution >= 0.6 is 0 Å². The van der Waals surface area contributed by atoms with Gasteiger partial charge >= 0.3 is 0 Å². The highest BCUT2D eigenvalue weighted by atomic mass is 19.1. The lowest BCUT2D eigenvalue weighted by molar-refractivity contribution is -0.133. The van der Waals surface area contributed by atoms with Gasteiger partial charge in [-0.15, -0.1) is 0 Å². The van der Waals surface area contributed by atoms with Gasteiger partial charge in [0.2, 0.25) is 5.91 Å². The highest BCUT2D eigenvalue weighted by molar-refractivity contribution is 5.77. The molecule has 1 spiro atoms. The number of carbonyl (C=O) groups is 1. The van der Waals surface area contributed by atoms with Crippen molar-refractivity contribution in [3.05, 3.63) is 35.6 Å². The molecular formula is C18H25FN2O. The fraction of sp³-hybridized carbons (Fsp3) is 0.611. The molecule has 2 aliphatic heterocycles. The number of halogens is 1. The molecule has 1 N–H and O–H groups in total. The van der Waals surface area contributed by atoms with Crippen molar-refractivity contribution in [1.82, 2.24) is 10.2 Å². The van der Waals surface area contributed by atoms with Gasteiger partial charge in [0.05, 0.1) is 0 Å². The summed E-state index contributed by atoms with van der Waals surface area (Å²) in [6.45, 7) is 5.96. The van der Waals surface area contributed by atoms with Crippen molar-refractivity contribution in [1.29, 1.82) is 0 Å².